The number of para-hydroxylation sites is 1. The Kier molecular flexibility index (Phi) is 4.16. The Morgan fingerprint density at radius 3 is 2.65 bits per heavy atom. The maximum atomic E-state index is 12.0. The molecule has 20 heavy (non-hydrogen) atoms. The summed E-state index contributed by atoms with van der Waals surface area (Å²) in [5.74, 6) is -0.650. The predicted octanol–water partition coefficient (Wildman–Crippen LogP) is 3.55. The molecular weight excluding hydrogens is 305 g/mol. The molecule has 0 fully saturated rings. The van der Waals surface area contributed by atoms with Gasteiger partial charge in [0.2, 0.25) is 0 Å². The van der Waals surface area contributed by atoms with E-state index in [4.69, 9.17) is 23.2 Å². The van der Waals surface area contributed by atoms with Crippen molar-refractivity contribution >= 4 is 40.5 Å². The number of nitrogens with zero attached hydrogens (tertiary/aromatic N) is 2. The number of aromatic nitrogens is 1. The predicted molar refractivity (Wildman–Crippen MR) is 75.3 cm³/mol. The Morgan fingerprint density at radius 1 is 1.30 bits per heavy atom. The molecule has 8 heteroatoms. The first-order valence-electron chi connectivity index (χ1n) is 5.35. The third-order valence-corrected chi connectivity index (χ3v) is 2.93. The van der Waals surface area contributed by atoms with Crippen molar-refractivity contribution in [3.63, 3.8) is 0 Å². The molecule has 0 aliphatic carbocycles. The van der Waals surface area contributed by atoms with Gasteiger partial charge in [-0.25, -0.2) is 4.98 Å². The summed E-state index contributed by atoms with van der Waals surface area (Å²) in [5.41, 5.74) is -0.134. The molecule has 0 bridgehead atoms. The normalized spacial score (nSPS) is 10.1. The zero-order chi connectivity index (χ0) is 14.7. The molecule has 1 aromatic carbocycles. The number of nitro groups is 1. The fourth-order valence-corrected chi connectivity index (χ4v) is 1.93. The van der Waals surface area contributed by atoms with E-state index in [0.29, 0.717) is 0 Å². The summed E-state index contributed by atoms with van der Waals surface area (Å²) in [6.07, 6.45) is 1.28. The molecule has 1 N–H and O–H groups in total. The summed E-state index contributed by atoms with van der Waals surface area (Å²) >= 11 is 11.5. The van der Waals surface area contributed by atoms with Crippen LogP contribution in [0.1, 0.15) is 10.4 Å². The fraction of sp³-hybridized carbons (Fsp3) is 0. The fourth-order valence-electron chi connectivity index (χ4n) is 1.51. The van der Waals surface area contributed by atoms with Crippen LogP contribution in [0, 0.1) is 10.1 Å². The van der Waals surface area contributed by atoms with Gasteiger partial charge in [-0.2, -0.15) is 0 Å². The lowest BCUT2D eigenvalue weighted by Gasteiger charge is -2.07. The molecule has 2 aromatic rings. The quantitative estimate of drug-likeness (QED) is 0.533. The molecule has 0 saturated heterocycles. The first-order valence-corrected chi connectivity index (χ1v) is 6.10. The highest BCUT2D eigenvalue weighted by Crippen LogP contribution is 2.25. The maximum Gasteiger partial charge on any atom is 0.282 e. The molecule has 0 spiro atoms. The monoisotopic (exact) mass is 311 g/mol. The number of rotatable bonds is 3. The van der Waals surface area contributed by atoms with Crippen LogP contribution in [0.15, 0.2) is 36.5 Å². The van der Waals surface area contributed by atoms with Crippen molar-refractivity contribution in [2.75, 3.05) is 5.32 Å². The number of carbonyl (C=O) groups excluding carboxylic acids is 1. The number of benzene rings is 1. The summed E-state index contributed by atoms with van der Waals surface area (Å²) < 4.78 is 0. The summed E-state index contributed by atoms with van der Waals surface area (Å²) in [7, 11) is 0. The first kappa shape index (κ1) is 14.2. The number of carbonyl (C=O) groups is 1. The molecule has 1 amide bonds. The molecule has 0 aliphatic rings. The lowest BCUT2D eigenvalue weighted by molar-refractivity contribution is -0.385. The molecular formula is C12H7Cl2N3O3. The number of hydrogen-bond donors (Lipinski definition) is 1. The molecule has 0 saturated carbocycles. The first-order chi connectivity index (χ1) is 9.49. The Morgan fingerprint density at radius 2 is 2.00 bits per heavy atom. The number of halogens is 2. The van der Waals surface area contributed by atoms with Crippen LogP contribution in [-0.2, 0) is 0 Å². The topological polar surface area (TPSA) is 85.1 Å². The second kappa shape index (κ2) is 5.85. The van der Waals surface area contributed by atoms with Crippen LogP contribution in [0.3, 0.4) is 0 Å². The van der Waals surface area contributed by atoms with Gasteiger partial charge in [0.05, 0.1) is 21.8 Å². The lowest BCUT2D eigenvalue weighted by Crippen LogP contribution is -2.14. The number of nitro benzene ring substituents is 1. The zero-order valence-electron chi connectivity index (χ0n) is 9.84. The van der Waals surface area contributed by atoms with Gasteiger partial charge in [0.15, 0.2) is 0 Å². The number of anilines is 1. The SMILES string of the molecule is O=C(Nc1cnc(Cl)cc1Cl)c1ccccc1[N+](=O)[O-]. The Labute approximate surface area is 123 Å². The van der Waals surface area contributed by atoms with Crippen molar-refractivity contribution in [3.05, 3.63) is 62.4 Å². The number of pyridine rings is 1. The van der Waals surface area contributed by atoms with Crippen LogP contribution in [0.5, 0.6) is 0 Å². The highest BCUT2D eigenvalue weighted by Gasteiger charge is 2.19. The van der Waals surface area contributed by atoms with Gasteiger partial charge in [0.25, 0.3) is 11.6 Å². The van der Waals surface area contributed by atoms with Gasteiger partial charge in [-0.05, 0) is 12.1 Å². The van der Waals surface area contributed by atoms with E-state index >= 15 is 0 Å². The van der Waals surface area contributed by atoms with E-state index in [1.807, 2.05) is 0 Å². The second-order valence-corrected chi connectivity index (χ2v) is 4.51. The van der Waals surface area contributed by atoms with Gasteiger partial charge >= 0.3 is 0 Å². The average Bonchev–Trinajstić information content (AvgIpc) is 2.41. The third-order valence-electron chi connectivity index (χ3n) is 2.41. The maximum absolute atomic E-state index is 12.0. The molecule has 102 valence electrons. The van der Waals surface area contributed by atoms with Crippen LogP contribution >= 0.6 is 23.2 Å². The van der Waals surface area contributed by atoms with Crippen LogP contribution < -0.4 is 5.32 Å². The van der Waals surface area contributed by atoms with Gasteiger partial charge < -0.3 is 5.32 Å². The standard InChI is InChI=1S/C12H7Cl2N3O3/c13-8-5-11(14)15-6-9(8)16-12(18)7-3-1-2-4-10(7)17(19)20/h1-6H,(H,16,18). The minimum atomic E-state index is -0.650. The van der Waals surface area contributed by atoms with Crippen molar-refractivity contribution in [1.29, 1.82) is 0 Å². The van der Waals surface area contributed by atoms with Crippen molar-refractivity contribution in [2.45, 2.75) is 0 Å². The van der Waals surface area contributed by atoms with Gasteiger partial charge in [0.1, 0.15) is 10.7 Å². The van der Waals surface area contributed by atoms with E-state index in [9.17, 15) is 14.9 Å². The van der Waals surface area contributed by atoms with Crippen molar-refractivity contribution in [3.8, 4) is 0 Å². The van der Waals surface area contributed by atoms with Crippen molar-refractivity contribution in [1.82, 2.24) is 4.98 Å². The molecule has 2 rings (SSSR count). The van der Waals surface area contributed by atoms with E-state index in [1.165, 1.54) is 36.5 Å². The molecule has 0 aliphatic heterocycles. The Hall–Kier alpha value is -2.18. The minimum absolute atomic E-state index is 0.0662. The van der Waals surface area contributed by atoms with E-state index < -0.39 is 10.8 Å². The van der Waals surface area contributed by atoms with Gasteiger partial charge in [-0.3, -0.25) is 14.9 Å². The lowest BCUT2D eigenvalue weighted by atomic mass is 10.1. The molecule has 0 atom stereocenters. The van der Waals surface area contributed by atoms with Crippen molar-refractivity contribution < 1.29 is 9.72 Å². The van der Waals surface area contributed by atoms with Crippen LogP contribution in [0.25, 0.3) is 0 Å². The van der Waals surface area contributed by atoms with Crippen molar-refractivity contribution in [2.24, 2.45) is 0 Å². The number of amides is 1. The minimum Gasteiger partial charge on any atom is -0.319 e. The van der Waals surface area contributed by atoms with Crippen LogP contribution in [-0.4, -0.2) is 15.8 Å². The summed E-state index contributed by atoms with van der Waals surface area (Å²) in [4.78, 5) is 26.0. The molecule has 1 heterocycles. The largest absolute Gasteiger partial charge is 0.319 e. The average molecular weight is 312 g/mol. The van der Waals surface area contributed by atoms with Crippen LogP contribution in [0.4, 0.5) is 11.4 Å². The molecule has 0 unspecified atom stereocenters. The van der Waals surface area contributed by atoms with E-state index in [-0.39, 0.29) is 27.1 Å². The van der Waals surface area contributed by atoms with E-state index in [2.05, 4.69) is 10.3 Å². The second-order valence-electron chi connectivity index (χ2n) is 3.72. The Balaban J connectivity index is 2.31. The smallest absolute Gasteiger partial charge is 0.282 e. The van der Waals surface area contributed by atoms with Gasteiger partial charge in [0, 0.05) is 6.07 Å². The molecule has 6 nitrogen and oxygen atoms in total. The van der Waals surface area contributed by atoms with Gasteiger partial charge in [-0.1, -0.05) is 35.3 Å². The Bertz CT molecular complexity index is 691. The molecule has 0 radical (unpaired) electrons. The van der Waals surface area contributed by atoms with E-state index in [0.717, 1.165) is 0 Å². The highest BCUT2D eigenvalue weighted by molar-refractivity contribution is 6.36. The summed E-state index contributed by atoms with van der Waals surface area (Å²) in [6.45, 7) is 0. The number of nitrogens with one attached hydrogen (secondary N) is 1. The summed E-state index contributed by atoms with van der Waals surface area (Å²) in [6, 6.07) is 6.97. The number of hydrogen-bond acceptors (Lipinski definition) is 4. The van der Waals surface area contributed by atoms with Gasteiger partial charge in [-0.15, -0.1) is 0 Å². The third kappa shape index (κ3) is 3.04. The molecule has 1 aromatic heterocycles. The zero-order valence-corrected chi connectivity index (χ0v) is 11.4. The highest BCUT2D eigenvalue weighted by atomic mass is 35.5. The summed E-state index contributed by atoms with van der Waals surface area (Å²) in [5, 5.41) is 13.7. The van der Waals surface area contributed by atoms with Crippen LogP contribution in [0.2, 0.25) is 10.2 Å². The van der Waals surface area contributed by atoms with E-state index in [1.54, 1.807) is 0 Å².